The highest BCUT2D eigenvalue weighted by molar-refractivity contribution is 5.28. The summed E-state index contributed by atoms with van der Waals surface area (Å²) in [7, 11) is 0. The van der Waals surface area contributed by atoms with Crippen molar-refractivity contribution in [2.75, 3.05) is 32.7 Å². The number of rotatable bonds is 6. The van der Waals surface area contributed by atoms with E-state index < -0.39 is 0 Å². The number of piperazine rings is 1. The molecule has 2 fully saturated rings. The van der Waals surface area contributed by atoms with Gasteiger partial charge in [-0.1, -0.05) is 48.7 Å². The zero-order valence-corrected chi connectivity index (χ0v) is 16.3. The van der Waals surface area contributed by atoms with E-state index in [9.17, 15) is 0 Å². The molecule has 0 spiro atoms. The molecule has 2 aromatic rings. The fraction of sp³-hybridized carbons (Fsp3) is 0.571. The van der Waals surface area contributed by atoms with Crippen LogP contribution < -0.4 is 0 Å². The van der Waals surface area contributed by atoms with Crippen LogP contribution >= 0.6 is 0 Å². The van der Waals surface area contributed by atoms with Gasteiger partial charge in [-0.05, 0) is 35.8 Å². The van der Waals surface area contributed by atoms with Crippen LogP contribution in [-0.4, -0.2) is 62.7 Å². The van der Waals surface area contributed by atoms with Crippen molar-refractivity contribution < 1.29 is 0 Å². The third kappa shape index (κ3) is 3.96. The molecule has 144 valence electrons. The van der Waals surface area contributed by atoms with Crippen molar-refractivity contribution in [2.24, 2.45) is 0 Å². The van der Waals surface area contributed by atoms with Crippen LogP contribution in [0.15, 0.2) is 36.9 Å². The highest BCUT2D eigenvalue weighted by Gasteiger charge is 2.32. The number of hydrogen-bond acceptors (Lipinski definition) is 5. The van der Waals surface area contributed by atoms with Crippen molar-refractivity contribution in [2.45, 2.75) is 44.7 Å². The van der Waals surface area contributed by atoms with E-state index in [0.29, 0.717) is 6.04 Å². The lowest BCUT2D eigenvalue weighted by Gasteiger charge is -2.38. The van der Waals surface area contributed by atoms with Crippen molar-refractivity contribution in [1.82, 2.24) is 30.0 Å². The normalized spacial score (nSPS) is 20.8. The fourth-order valence-electron chi connectivity index (χ4n) is 4.45. The molecule has 1 saturated carbocycles. The first-order chi connectivity index (χ1) is 13.3. The third-order valence-electron chi connectivity index (χ3n) is 5.99. The van der Waals surface area contributed by atoms with Gasteiger partial charge in [-0.2, -0.15) is 0 Å². The van der Waals surface area contributed by atoms with Crippen LogP contribution in [0.25, 0.3) is 0 Å². The molecule has 6 heteroatoms. The Labute approximate surface area is 161 Å². The molecule has 0 unspecified atom stereocenters. The maximum atomic E-state index is 4.52. The molecule has 1 aromatic carbocycles. The molecule has 1 saturated heterocycles. The molecular formula is C21H30N6. The van der Waals surface area contributed by atoms with Gasteiger partial charge >= 0.3 is 0 Å². The van der Waals surface area contributed by atoms with Gasteiger partial charge in [0.25, 0.3) is 0 Å². The van der Waals surface area contributed by atoms with E-state index in [1.165, 1.54) is 36.8 Å². The lowest BCUT2D eigenvalue weighted by Crippen LogP contribution is -2.48. The van der Waals surface area contributed by atoms with Crippen molar-refractivity contribution in [1.29, 1.82) is 0 Å². The Morgan fingerprint density at radius 3 is 2.48 bits per heavy atom. The number of aryl methyl sites for hydroxylation is 1. The summed E-state index contributed by atoms with van der Waals surface area (Å²) in [4.78, 5) is 5.00. The summed E-state index contributed by atoms with van der Waals surface area (Å²) < 4.78 is 2.12. The van der Waals surface area contributed by atoms with Gasteiger partial charge in [0.1, 0.15) is 0 Å². The maximum Gasteiger partial charge on any atom is 0.173 e. The van der Waals surface area contributed by atoms with Gasteiger partial charge in [-0.15, -0.1) is 11.7 Å². The van der Waals surface area contributed by atoms with Crippen molar-refractivity contribution in [3.8, 4) is 0 Å². The van der Waals surface area contributed by atoms with Crippen molar-refractivity contribution in [3.05, 3.63) is 53.9 Å². The van der Waals surface area contributed by atoms with Crippen LogP contribution in [0.4, 0.5) is 0 Å². The third-order valence-corrected chi connectivity index (χ3v) is 5.99. The molecule has 27 heavy (non-hydrogen) atoms. The molecular weight excluding hydrogens is 336 g/mol. The summed E-state index contributed by atoms with van der Waals surface area (Å²) in [6.45, 7) is 11.1. The largest absolute Gasteiger partial charge is 0.297 e. The zero-order chi connectivity index (χ0) is 18.6. The number of hydrogen-bond donors (Lipinski definition) is 0. The highest BCUT2D eigenvalue weighted by atomic mass is 15.6. The van der Waals surface area contributed by atoms with E-state index in [2.05, 4.69) is 67.8 Å². The lowest BCUT2D eigenvalue weighted by molar-refractivity contribution is 0.111. The summed E-state index contributed by atoms with van der Waals surface area (Å²) in [5.74, 6) is 1.00. The molecule has 0 N–H and O–H groups in total. The predicted octanol–water partition coefficient (Wildman–Crippen LogP) is 2.99. The second kappa shape index (κ2) is 8.31. The zero-order valence-electron chi connectivity index (χ0n) is 16.3. The molecule has 2 aliphatic rings. The van der Waals surface area contributed by atoms with Crippen LogP contribution in [-0.2, 0) is 0 Å². The Kier molecular flexibility index (Phi) is 5.64. The van der Waals surface area contributed by atoms with Crippen molar-refractivity contribution in [3.63, 3.8) is 0 Å². The van der Waals surface area contributed by atoms with E-state index in [0.717, 1.165) is 38.5 Å². The first-order valence-corrected chi connectivity index (χ1v) is 10.2. The van der Waals surface area contributed by atoms with Gasteiger partial charge in [-0.3, -0.25) is 9.80 Å². The maximum absolute atomic E-state index is 4.52. The SMILES string of the molecule is C=CCN1CCN([C@H](c2ccc(C)cc2)c2nnnn2C2CCCC2)CC1. The molecule has 6 nitrogen and oxygen atoms in total. The minimum atomic E-state index is 0.118. The molecule has 0 radical (unpaired) electrons. The molecule has 0 amide bonds. The Morgan fingerprint density at radius 2 is 1.81 bits per heavy atom. The Balaban J connectivity index is 1.64. The molecule has 1 aromatic heterocycles. The molecule has 1 aliphatic heterocycles. The highest BCUT2D eigenvalue weighted by Crippen LogP contribution is 2.34. The summed E-state index contributed by atoms with van der Waals surface area (Å²) in [5, 5.41) is 13.0. The van der Waals surface area contributed by atoms with Crippen LogP contribution in [0.5, 0.6) is 0 Å². The van der Waals surface area contributed by atoms with Crippen molar-refractivity contribution >= 4 is 0 Å². The predicted molar refractivity (Wildman–Crippen MR) is 107 cm³/mol. The van der Waals surface area contributed by atoms with Crippen LogP contribution in [0.1, 0.15) is 54.7 Å². The van der Waals surface area contributed by atoms with E-state index in [4.69, 9.17) is 0 Å². The molecule has 1 aliphatic carbocycles. The van der Waals surface area contributed by atoms with Crippen LogP contribution in [0, 0.1) is 6.92 Å². The van der Waals surface area contributed by atoms with E-state index in [-0.39, 0.29) is 6.04 Å². The number of tetrazole rings is 1. The molecule has 1 atom stereocenters. The monoisotopic (exact) mass is 366 g/mol. The van der Waals surface area contributed by atoms with Gasteiger partial charge in [-0.25, -0.2) is 4.68 Å². The van der Waals surface area contributed by atoms with Gasteiger partial charge in [0.15, 0.2) is 5.82 Å². The van der Waals surface area contributed by atoms with E-state index in [1.54, 1.807) is 0 Å². The summed E-state index contributed by atoms with van der Waals surface area (Å²) in [6.07, 6.45) is 6.92. The average Bonchev–Trinajstić information content (AvgIpc) is 3.37. The quantitative estimate of drug-likeness (QED) is 0.736. The Bertz CT molecular complexity index is 738. The van der Waals surface area contributed by atoms with E-state index >= 15 is 0 Å². The van der Waals surface area contributed by atoms with Crippen LogP contribution in [0.2, 0.25) is 0 Å². The van der Waals surface area contributed by atoms with Gasteiger partial charge < -0.3 is 0 Å². The Hall–Kier alpha value is -2.05. The van der Waals surface area contributed by atoms with Gasteiger partial charge in [0, 0.05) is 32.7 Å². The van der Waals surface area contributed by atoms with Crippen LogP contribution in [0.3, 0.4) is 0 Å². The average molecular weight is 367 g/mol. The first-order valence-electron chi connectivity index (χ1n) is 10.2. The standard InChI is InChI=1S/C21H30N6/c1-3-12-25-13-15-26(16-14-25)20(18-10-8-17(2)9-11-18)21-22-23-24-27(21)19-6-4-5-7-19/h3,8-11,19-20H,1,4-7,12-16H2,2H3/t20-/m1/s1. The number of aromatic nitrogens is 4. The second-order valence-electron chi connectivity index (χ2n) is 7.86. The van der Waals surface area contributed by atoms with Gasteiger partial charge in [0.05, 0.1) is 12.1 Å². The molecule has 4 rings (SSSR count). The number of nitrogens with zero attached hydrogens (tertiary/aromatic N) is 6. The minimum Gasteiger partial charge on any atom is -0.297 e. The first kappa shape index (κ1) is 18.3. The van der Waals surface area contributed by atoms with Gasteiger partial charge in [0.2, 0.25) is 0 Å². The van der Waals surface area contributed by atoms with E-state index in [1.807, 2.05) is 6.08 Å². The topological polar surface area (TPSA) is 50.1 Å². The molecule has 2 heterocycles. The molecule has 0 bridgehead atoms. The minimum absolute atomic E-state index is 0.118. The fourth-order valence-corrected chi connectivity index (χ4v) is 4.45. The summed E-state index contributed by atoms with van der Waals surface area (Å²) >= 11 is 0. The smallest absolute Gasteiger partial charge is 0.173 e. The summed E-state index contributed by atoms with van der Waals surface area (Å²) in [6, 6.07) is 9.44. The lowest BCUT2D eigenvalue weighted by atomic mass is 10.0. The summed E-state index contributed by atoms with van der Waals surface area (Å²) in [5.41, 5.74) is 2.57. The number of benzene rings is 1. The second-order valence-corrected chi connectivity index (χ2v) is 7.86. The Morgan fingerprint density at radius 1 is 1.11 bits per heavy atom.